The number of benzene rings is 2. The summed E-state index contributed by atoms with van der Waals surface area (Å²) in [5, 5.41) is 22.2. The first-order valence-corrected chi connectivity index (χ1v) is 12.8. The standard InChI is InChI=1S/C28H24F5N7O2/c29-18-1-3-19(4-2-18)39-16-36-26(42)27(39)8-11-38(12-9-27)25(41)23-14-24(17(15-35)7-10-34)40(37-23)20-5-6-21(22(30)13-20)28(31,32)33/h1-7,10,13-15,34-35H,8-9,11-12,16H2,(H,36,42)/b17-7+,34-10?,35-15?. The van der Waals surface area contributed by atoms with Crippen LogP contribution in [0.15, 0.2) is 54.6 Å². The molecule has 2 aromatic carbocycles. The van der Waals surface area contributed by atoms with Crippen LogP contribution in [0.25, 0.3) is 11.3 Å². The number of nitrogens with one attached hydrogen (secondary N) is 3. The van der Waals surface area contributed by atoms with E-state index in [1.54, 1.807) is 12.1 Å². The average molecular weight is 586 g/mol. The van der Waals surface area contributed by atoms with Crippen LogP contribution in [0.3, 0.4) is 0 Å². The van der Waals surface area contributed by atoms with Crippen molar-refractivity contribution in [3.63, 3.8) is 0 Å². The van der Waals surface area contributed by atoms with Crippen LogP contribution in [0.5, 0.6) is 0 Å². The zero-order chi connectivity index (χ0) is 30.2. The molecule has 0 atom stereocenters. The van der Waals surface area contributed by atoms with E-state index in [1.807, 2.05) is 4.90 Å². The van der Waals surface area contributed by atoms with E-state index in [0.29, 0.717) is 17.8 Å². The number of likely N-dealkylation sites (tertiary alicyclic amines) is 1. The topological polar surface area (TPSA) is 118 Å². The van der Waals surface area contributed by atoms with Gasteiger partial charge in [0.15, 0.2) is 5.69 Å². The number of anilines is 1. The lowest BCUT2D eigenvalue weighted by Crippen LogP contribution is -2.57. The fourth-order valence-corrected chi connectivity index (χ4v) is 5.34. The molecule has 3 aromatic rings. The third-order valence-corrected chi connectivity index (χ3v) is 7.50. The van der Waals surface area contributed by atoms with Gasteiger partial charge in [-0.25, -0.2) is 13.5 Å². The number of hydrogen-bond donors (Lipinski definition) is 3. The number of carbonyl (C=O) groups excluding carboxylic acids is 2. The highest BCUT2D eigenvalue weighted by atomic mass is 19.4. The Hall–Kier alpha value is -4.88. The first-order chi connectivity index (χ1) is 20.0. The number of allylic oxidation sites excluding steroid dienone is 2. The summed E-state index contributed by atoms with van der Waals surface area (Å²) in [7, 11) is 0. The minimum Gasteiger partial charge on any atom is -0.339 e. The molecular formula is C28H24F5N7O2. The lowest BCUT2D eigenvalue weighted by atomic mass is 9.85. The molecule has 9 nitrogen and oxygen atoms in total. The minimum absolute atomic E-state index is 0.0853. The van der Waals surface area contributed by atoms with Crippen LogP contribution in [0.1, 0.15) is 34.6 Å². The van der Waals surface area contributed by atoms with Gasteiger partial charge in [0.25, 0.3) is 5.91 Å². The number of rotatable bonds is 6. The van der Waals surface area contributed by atoms with Gasteiger partial charge in [-0.1, -0.05) is 0 Å². The van der Waals surface area contributed by atoms with E-state index >= 15 is 0 Å². The van der Waals surface area contributed by atoms with Crippen LogP contribution < -0.4 is 10.2 Å². The van der Waals surface area contributed by atoms with Gasteiger partial charge in [-0.15, -0.1) is 0 Å². The van der Waals surface area contributed by atoms with E-state index in [4.69, 9.17) is 10.8 Å². The number of amides is 2. The van der Waals surface area contributed by atoms with Crippen molar-refractivity contribution in [2.45, 2.75) is 24.6 Å². The van der Waals surface area contributed by atoms with Crippen molar-refractivity contribution >= 4 is 35.5 Å². The van der Waals surface area contributed by atoms with Crippen molar-refractivity contribution in [1.29, 1.82) is 10.8 Å². The number of nitrogens with zero attached hydrogens (tertiary/aromatic N) is 4. The highest BCUT2D eigenvalue weighted by Crippen LogP contribution is 2.37. The first-order valence-electron chi connectivity index (χ1n) is 12.8. The lowest BCUT2D eigenvalue weighted by molar-refractivity contribution is -0.140. The Morgan fingerprint density at radius 3 is 2.26 bits per heavy atom. The number of piperidine rings is 1. The largest absolute Gasteiger partial charge is 0.419 e. The van der Waals surface area contributed by atoms with Gasteiger partial charge in [0.2, 0.25) is 5.91 Å². The Balaban J connectivity index is 1.44. The molecule has 3 N–H and O–H groups in total. The average Bonchev–Trinajstić information content (AvgIpc) is 3.53. The summed E-state index contributed by atoms with van der Waals surface area (Å²) < 4.78 is 68.3. The Kier molecular flexibility index (Phi) is 7.39. The van der Waals surface area contributed by atoms with Crippen molar-refractivity contribution in [1.82, 2.24) is 20.0 Å². The third-order valence-electron chi connectivity index (χ3n) is 7.50. The molecule has 5 rings (SSSR count). The summed E-state index contributed by atoms with van der Waals surface area (Å²) >= 11 is 0. The molecular weight excluding hydrogens is 561 g/mol. The summed E-state index contributed by atoms with van der Waals surface area (Å²) in [6, 6.07) is 9.27. The van der Waals surface area contributed by atoms with E-state index in [-0.39, 0.29) is 61.2 Å². The monoisotopic (exact) mass is 585 g/mol. The van der Waals surface area contributed by atoms with Crippen LogP contribution in [0, 0.1) is 22.5 Å². The zero-order valence-corrected chi connectivity index (χ0v) is 21.9. The molecule has 0 saturated carbocycles. The van der Waals surface area contributed by atoms with Gasteiger partial charge in [0.1, 0.15) is 17.2 Å². The van der Waals surface area contributed by atoms with Gasteiger partial charge < -0.3 is 25.9 Å². The summed E-state index contributed by atoms with van der Waals surface area (Å²) in [5.74, 6) is -2.69. The second kappa shape index (κ2) is 10.8. The molecule has 2 amide bonds. The molecule has 0 bridgehead atoms. The quantitative estimate of drug-likeness (QED) is 0.293. The van der Waals surface area contributed by atoms with Gasteiger partial charge >= 0.3 is 6.18 Å². The third kappa shape index (κ3) is 5.03. The molecule has 0 radical (unpaired) electrons. The van der Waals surface area contributed by atoms with Crippen molar-refractivity contribution in [2.75, 3.05) is 24.7 Å². The van der Waals surface area contributed by atoms with E-state index in [1.165, 1.54) is 29.2 Å². The molecule has 0 unspecified atom stereocenters. The fraction of sp³-hybridized carbons (Fsp3) is 0.250. The fourth-order valence-electron chi connectivity index (χ4n) is 5.34. The van der Waals surface area contributed by atoms with E-state index in [2.05, 4.69) is 10.4 Å². The number of halogens is 5. The molecule has 2 aliphatic heterocycles. The van der Waals surface area contributed by atoms with Gasteiger partial charge in [-0.2, -0.15) is 18.3 Å². The maximum absolute atomic E-state index is 14.4. The highest BCUT2D eigenvalue weighted by molar-refractivity contribution is 6.12. The maximum Gasteiger partial charge on any atom is 0.419 e. The molecule has 42 heavy (non-hydrogen) atoms. The maximum atomic E-state index is 14.4. The molecule has 14 heteroatoms. The van der Waals surface area contributed by atoms with Crippen LogP contribution in [0.4, 0.5) is 27.6 Å². The lowest BCUT2D eigenvalue weighted by Gasteiger charge is -2.43. The molecule has 1 aromatic heterocycles. The molecule has 3 heterocycles. The number of carbonyl (C=O) groups is 2. The van der Waals surface area contributed by atoms with Crippen LogP contribution in [-0.2, 0) is 11.0 Å². The van der Waals surface area contributed by atoms with Gasteiger partial charge in [0.05, 0.1) is 23.6 Å². The smallest absolute Gasteiger partial charge is 0.339 e. The van der Waals surface area contributed by atoms with Crippen molar-refractivity contribution in [3.8, 4) is 5.69 Å². The van der Waals surface area contributed by atoms with Crippen molar-refractivity contribution in [2.24, 2.45) is 0 Å². The van der Waals surface area contributed by atoms with E-state index in [0.717, 1.165) is 23.2 Å². The molecule has 1 spiro atoms. The summed E-state index contributed by atoms with van der Waals surface area (Å²) in [6.45, 7) is 0.547. The Morgan fingerprint density at radius 2 is 1.67 bits per heavy atom. The predicted octanol–water partition coefficient (Wildman–Crippen LogP) is 4.42. The van der Waals surface area contributed by atoms with Crippen molar-refractivity contribution < 1.29 is 31.5 Å². The first kappa shape index (κ1) is 28.6. The van der Waals surface area contributed by atoms with Gasteiger partial charge in [-0.05, 0) is 61.4 Å². The van der Waals surface area contributed by atoms with Crippen LogP contribution in [-0.4, -0.2) is 64.2 Å². The summed E-state index contributed by atoms with van der Waals surface area (Å²) in [6.07, 6.45) is -1.40. The Bertz CT molecular complexity index is 1590. The molecule has 218 valence electrons. The van der Waals surface area contributed by atoms with Crippen molar-refractivity contribution in [3.05, 3.63) is 83.2 Å². The van der Waals surface area contributed by atoms with Crippen LogP contribution in [0.2, 0.25) is 0 Å². The van der Waals surface area contributed by atoms with Crippen LogP contribution >= 0.6 is 0 Å². The molecule has 2 fully saturated rings. The number of hydrogen-bond acceptors (Lipinski definition) is 6. The molecule has 2 saturated heterocycles. The second-order valence-electron chi connectivity index (χ2n) is 9.81. The Morgan fingerprint density at radius 1 is 1.00 bits per heavy atom. The zero-order valence-electron chi connectivity index (χ0n) is 21.9. The van der Waals surface area contributed by atoms with Gasteiger partial charge in [0, 0.05) is 42.8 Å². The number of aromatic nitrogens is 2. The predicted molar refractivity (Wildman–Crippen MR) is 144 cm³/mol. The SMILES string of the molecule is N=C/C=C(\C=N)c1cc(C(=O)N2CCC3(CC2)C(=O)NCN3c2ccc(F)cc2)nn1-c1ccc(C(F)(F)F)c(F)c1. The normalized spacial score (nSPS) is 17.0. The second-order valence-corrected chi connectivity index (χ2v) is 9.81. The van der Waals surface area contributed by atoms with E-state index in [9.17, 15) is 31.5 Å². The summed E-state index contributed by atoms with van der Waals surface area (Å²) in [4.78, 5) is 29.8. The number of alkyl halides is 3. The molecule has 2 aliphatic rings. The highest BCUT2D eigenvalue weighted by Gasteiger charge is 2.51. The minimum atomic E-state index is -4.91. The van der Waals surface area contributed by atoms with Gasteiger partial charge in [-0.3, -0.25) is 9.59 Å². The Labute approximate surface area is 236 Å². The summed E-state index contributed by atoms with van der Waals surface area (Å²) in [5.41, 5.74) is -1.82. The van der Waals surface area contributed by atoms with E-state index < -0.39 is 34.8 Å². The molecule has 0 aliphatic carbocycles.